The van der Waals surface area contributed by atoms with Gasteiger partial charge in [0, 0.05) is 11.8 Å². The molecule has 0 aromatic rings. The van der Waals surface area contributed by atoms with Crippen molar-refractivity contribution < 1.29 is 9.90 Å². The first-order valence-corrected chi connectivity index (χ1v) is 9.56. The van der Waals surface area contributed by atoms with Gasteiger partial charge in [0.1, 0.15) is 11.4 Å². The Morgan fingerprint density at radius 3 is 2.61 bits per heavy atom. The molecule has 0 aliphatic heterocycles. The zero-order valence-electron chi connectivity index (χ0n) is 14.6. The van der Waals surface area contributed by atoms with Gasteiger partial charge in [0.05, 0.1) is 0 Å². The number of rotatable bonds is 0. The molecule has 2 heteroatoms. The van der Waals surface area contributed by atoms with Gasteiger partial charge in [-0.3, -0.25) is 4.79 Å². The fraction of sp³-hybridized carbons (Fsp3) is 0.857. The number of ketones is 1. The van der Waals surface area contributed by atoms with Gasteiger partial charge >= 0.3 is 0 Å². The number of hydrogen-bond donors (Lipinski definition) is 1. The summed E-state index contributed by atoms with van der Waals surface area (Å²) >= 11 is 0. The van der Waals surface area contributed by atoms with Gasteiger partial charge in [-0.1, -0.05) is 19.8 Å². The molecule has 0 aromatic carbocycles. The molecule has 0 spiro atoms. The number of aliphatic hydroxyl groups is 1. The molecule has 0 heterocycles. The van der Waals surface area contributed by atoms with Crippen LogP contribution in [0.2, 0.25) is 0 Å². The number of hydrogen-bond acceptors (Lipinski definition) is 2. The third-order valence-electron chi connectivity index (χ3n) is 8.70. The smallest absolute Gasteiger partial charge is 0.139 e. The number of carbonyl (C=O) groups is 1. The average molecular weight is 314 g/mol. The molecular formula is C21H30O2. The van der Waals surface area contributed by atoms with Gasteiger partial charge in [-0.05, 0) is 80.5 Å². The number of terminal acetylenes is 1. The molecule has 2 nitrogen and oxygen atoms in total. The highest BCUT2D eigenvalue weighted by Gasteiger charge is 2.61. The van der Waals surface area contributed by atoms with Crippen LogP contribution in [0.3, 0.4) is 0 Å². The Balaban J connectivity index is 1.62. The van der Waals surface area contributed by atoms with E-state index in [4.69, 9.17) is 6.42 Å². The highest BCUT2D eigenvalue weighted by Crippen LogP contribution is 2.66. The summed E-state index contributed by atoms with van der Waals surface area (Å²) in [5.74, 6) is 5.81. The molecule has 0 amide bonds. The SMILES string of the molecule is C#C[C@@]1(O)CC[C@@]2(C)[C@@H](CC[C@H]3[C@H]4CCC(=O)[C@]4(C)CC[C@@H]32)C1. The molecule has 0 bridgehead atoms. The monoisotopic (exact) mass is 314 g/mol. The summed E-state index contributed by atoms with van der Waals surface area (Å²) < 4.78 is 0. The average Bonchev–Trinajstić information content (AvgIpc) is 2.84. The molecule has 126 valence electrons. The number of carbonyl (C=O) groups excluding carboxylic acids is 1. The van der Waals surface area contributed by atoms with Crippen LogP contribution in [-0.4, -0.2) is 16.5 Å². The molecule has 23 heavy (non-hydrogen) atoms. The van der Waals surface area contributed by atoms with E-state index in [0.717, 1.165) is 50.4 Å². The fourth-order valence-electron chi connectivity index (χ4n) is 7.15. The van der Waals surface area contributed by atoms with Gasteiger partial charge in [-0.25, -0.2) is 0 Å². The summed E-state index contributed by atoms with van der Waals surface area (Å²) in [5, 5.41) is 10.6. The summed E-state index contributed by atoms with van der Waals surface area (Å²) in [4.78, 5) is 12.4. The van der Waals surface area contributed by atoms with E-state index >= 15 is 0 Å². The van der Waals surface area contributed by atoms with Gasteiger partial charge in [0.2, 0.25) is 0 Å². The Kier molecular flexibility index (Phi) is 3.31. The third kappa shape index (κ3) is 2.02. The lowest BCUT2D eigenvalue weighted by atomic mass is 9.44. The molecule has 7 atom stereocenters. The lowest BCUT2D eigenvalue weighted by Crippen LogP contribution is -2.55. The fourth-order valence-corrected chi connectivity index (χ4v) is 7.15. The van der Waals surface area contributed by atoms with Crippen molar-refractivity contribution in [3.63, 3.8) is 0 Å². The zero-order valence-corrected chi connectivity index (χ0v) is 14.6. The molecule has 0 unspecified atom stereocenters. The van der Waals surface area contributed by atoms with Crippen molar-refractivity contribution >= 4 is 5.78 Å². The van der Waals surface area contributed by atoms with Crippen LogP contribution >= 0.6 is 0 Å². The predicted octanol–water partition coefficient (Wildman–Crippen LogP) is 3.96. The topological polar surface area (TPSA) is 37.3 Å². The molecule has 4 aliphatic rings. The maximum Gasteiger partial charge on any atom is 0.139 e. The maximum absolute atomic E-state index is 12.4. The van der Waals surface area contributed by atoms with Gasteiger partial charge < -0.3 is 5.11 Å². The lowest BCUT2D eigenvalue weighted by molar-refractivity contribution is -0.146. The van der Waals surface area contributed by atoms with Crippen molar-refractivity contribution in [3.8, 4) is 12.3 Å². The summed E-state index contributed by atoms with van der Waals surface area (Å²) in [6.45, 7) is 4.71. The van der Waals surface area contributed by atoms with E-state index < -0.39 is 5.60 Å². The minimum absolute atomic E-state index is 0.0292. The Morgan fingerprint density at radius 1 is 1.09 bits per heavy atom. The van der Waals surface area contributed by atoms with Crippen LogP contribution < -0.4 is 0 Å². The van der Waals surface area contributed by atoms with Crippen molar-refractivity contribution in [3.05, 3.63) is 0 Å². The number of fused-ring (bicyclic) bond motifs is 5. The summed E-state index contributed by atoms with van der Waals surface area (Å²) in [5.41, 5.74) is -0.582. The summed E-state index contributed by atoms with van der Waals surface area (Å²) in [7, 11) is 0. The molecule has 0 saturated heterocycles. The van der Waals surface area contributed by atoms with E-state index in [0.29, 0.717) is 23.0 Å². The summed E-state index contributed by atoms with van der Waals surface area (Å²) in [6.07, 6.45) is 14.8. The molecule has 0 radical (unpaired) electrons. The lowest BCUT2D eigenvalue weighted by Gasteiger charge is -2.60. The quantitative estimate of drug-likeness (QED) is 0.687. The highest BCUT2D eigenvalue weighted by molar-refractivity contribution is 5.87. The van der Waals surface area contributed by atoms with Crippen molar-refractivity contribution in [2.75, 3.05) is 0 Å². The van der Waals surface area contributed by atoms with Gasteiger partial charge in [-0.15, -0.1) is 6.42 Å². The van der Waals surface area contributed by atoms with Gasteiger partial charge in [0.25, 0.3) is 0 Å². The molecule has 4 saturated carbocycles. The summed E-state index contributed by atoms with van der Waals surface area (Å²) in [6, 6.07) is 0. The van der Waals surface area contributed by atoms with Crippen LogP contribution in [0.25, 0.3) is 0 Å². The minimum atomic E-state index is -0.872. The van der Waals surface area contributed by atoms with Crippen LogP contribution in [0.1, 0.15) is 71.6 Å². The molecular weight excluding hydrogens is 284 g/mol. The molecule has 1 N–H and O–H groups in total. The van der Waals surface area contributed by atoms with E-state index in [9.17, 15) is 9.90 Å². The first-order chi connectivity index (χ1) is 10.8. The van der Waals surface area contributed by atoms with E-state index in [1.54, 1.807) is 0 Å². The largest absolute Gasteiger partial charge is 0.378 e. The molecule has 4 rings (SSSR count). The van der Waals surface area contributed by atoms with Gasteiger partial charge in [0.15, 0.2) is 0 Å². The first-order valence-electron chi connectivity index (χ1n) is 9.56. The van der Waals surface area contributed by atoms with Crippen LogP contribution in [0.4, 0.5) is 0 Å². The van der Waals surface area contributed by atoms with E-state index in [1.165, 1.54) is 19.3 Å². The second-order valence-corrected chi connectivity index (χ2v) is 9.45. The van der Waals surface area contributed by atoms with Crippen LogP contribution in [0, 0.1) is 46.8 Å². The van der Waals surface area contributed by atoms with E-state index in [1.807, 2.05) is 0 Å². The molecule has 0 aromatic heterocycles. The molecule has 4 aliphatic carbocycles. The van der Waals surface area contributed by atoms with Crippen LogP contribution in [0.15, 0.2) is 0 Å². The van der Waals surface area contributed by atoms with E-state index in [-0.39, 0.29) is 5.41 Å². The minimum Gasteiger partial charge on any atom is -0.378 e. The Bertz CT molecular complexity index is 575. The second-order valence-electron chi connectivity index (χ2n) is 9.45. The number of Topliss-reactive ketones (excluding diaryl/α,β-unsaturated/α-hetero) is 1. The zero-order chi connectivity index (χ0) is 16.5. The van der Waals surface area contributed by atoms with Crippen LogP contribution in [-0.2, 0) is 4.79 Å². The third-order valence-corrected chi connectivity index (χ3v) is 8.70. The second kappa shape index (κ2) is 4.85. The van der Waals surface area contributed by atoms with Crippen molar-refractivity contribution in [2.45, 2.75) is 77.2 Å². The standard InChI is InChI=1S/C21H30O2/c1-4-21(23)12-11-19(2)14(13-21)5-6-15-16-7-8-18(22)20(16,3)10-9-17(15)19/h1,14-17,23H,5-13H2,2-3H3/t14-,15-,16+,17-,19-,20+,21+/m0/s1. The van der Waals surface area contributed by atoms with Gasteiger partial charge in [-0.2, -0.15) is 0 Å². The maximum atomic E-state index is 12.4. The van der Waals surface area contributed by atoms with Crippen molar-refractivity contribution in [1.29, 1.82) is 0 Å². The Hall–Kier alpha value is -0.810. The van der Waals surface area contributed by atoms with Crippen molar-refractivity contribution in [2.24, 2.45) is 34.5 Å². The predicted molar refractivity (Wildman–Crippen MR) is 90.5 cm³/mol. The highest BCUT2D eigenvalue weighted by atomic mass is 16.3. The van der Waals surface area contributed by atoms with E-state index in [2.05, 4.69) is 19.8 Å². The molecule has 4 fully saturated rings. The normalized spacial score (nSPS) is 55.5. The van der Waals surface area contributed by atoms with Crippen LogP contribution in [0.5, 0.6) is 0 Å². The first kappa shape index (κ1) is 15.7. The van der Waals surface area contributed by atoms with Crippen molar-refractivity contribution in [1.82, 2.24) is 0 Å². The Morgan fingerprint density at radius 2 is 1.87 bits per heavy atom. The Labute approximate surface area is 140 Å².